The van der Waals surface area contributed by atoms with Crippen LogP contribution in [0.3, 0.4) is 0 Å². The van der Waals surface area contributed by atoms with Crippen molar-refractivity contribution in [3.8, 4) is 0 Å². The third kappa shape index (κ3) is 2.15. The number of nitrogens with two attached hydrogens (primary N) is 1. The van der Waals surface area contributed by atoms with Crippen LogP contribution in [0.1, 0.15) is 24.6 Å². The molecule has 0 aliphatic heterocycles. The van der Waals surface area contributed by atoms with Crippen molar-refractivity contribution < 1.29 is 9.52 Å². The van der Waals surface area contributed by atoms with Crippen molar-refractivity contribution in [3.63, 3.8) is 0 Å². The number of imidazole rings is 1. The third-order valence-corrected chi connectivity index (χ3v) is 2.34. The molecule has 86 valence electrons. The van der Waals surface area contributed by atoms with Crippen molar-refractivity contribution >= 4 is 0 Å². The fraction of sp³-hybridized carbons (Fsp3) is 0.364. The highest BCUT2D eigenvalue weighted by atomic mass is 16.3. The van der Waals surface area contributed by atoms with Crippen LogP contribution in [0.5, 0.6) is 0 Å². The average Bonchev–Trinajstić information content (AvgIpc) is 2.84. The van der Waals surface area contributed by atoms with Crippen molar-refractivity contribution in [2.45, 2.75) is 25.6 Å². The minimum Gasteiger partial charge on any atom is -0.467 e. The van der Waals surface area contributed by atoms with E-state index in [9.17, 15) is 5.11 Å². The maximum absolute atomic E-state index is 9.35. The van der Waals surface area contributed by atoms with Gasteiger partial charge in [0.2, 0.25) is 0 Å². The summed E-state index contributed by atoms with van der Waals surface area (Å²) in [6.45, 7) is 2.20. The van der Waals surface area contributed by atoms with E-state index in [0.29, 0.717) is 18.1 Å². The van der Waals surface area contributed by atoms with Crippen LogP contribution < -0.4 is 5.73 Å². The molecular weight excluding hydrogens is 206 g/mol. The van der Waals surface area contributed by atoms with Crippen LogP contribution in [0.25, 0.3) is 0 Å². The predicted octanol–water partition coefficient (Wildman–Crippen LogP) is 0.905. The SMILES string of the molecule is CC(O)Cn1ccnc1C(N)c1ccco1. The largest absolute Gasteiger partial charge is 0.467 e. The van der Waals surface area contributed by atoms with Crippen LogP contribution in [0.2, 0.25) is 0 Å². The number of nitrogens with zero attached hydrogens (tertiary/aromatic N) is 2. The second kappa shape index (κ2) is 4.51. The first-order chi connectivity index (χ1) is 7.68. The Morgan fingerprint density at radius 1 is 1.62 bits per heavy atom. The molecule has 3 N–H and O–H groups in total. The van der Waals surface area contributed by atoms with Gasteiger partial charge in [0.05, 0.1) is 12.4 Å². The van der Waals surface area contributed by atoms with Crippen molar-refractivity contribution in [3.05, 3.63) is 42.4 Å². The highest BCUT2D eigenvalue weighted by molar-refractivity contribution is 5.14. The number of rotatable bonds is 4. The first-order valence-electron chi connectivity index (χ1n) is 5.16. The number of furan rings is 1. The first kappa shape index (κ1) is 10.9. The summed E-state index contributed by atoms with van der Waals surface area (Å²) in [5.41, 5.74) is 6.02. The van der Waals surface area contributed by atoms with Crippen molar-refractivity contribution in [1.29, 1.82) is 0 Å². The molecule has 2 aromatic rings. The van der Waals surface area contributed by atoms with E-state index in [1.807, 2.05) is 10.6 Å². The highest BCUT2D eigenvalue weighted by Gasteiger charge is 2.17. The molecule has 5 nitrogen and oxygen atoms in total. The van der Waals surface area contributed by atoms with E-state index in [1.165, 1.54) is 0 Å². The molecule has 2 aromatic heterocycles. The molecule has 2 atom stereocenters. The molecular formula is C11H15N3O2. The van der Waals surface area contributed by atoms with Gasteiger partial charge in [0.25, 0.3) is 0 Å². The van der Waals surface area contributed by atoms with Crippen LogP contribution in [0.4, 0.5) is 0 Å². The summed E-state index contributed by atoms with van der Waals surface area (Å²) in [5, 5.41) is 9.35. The maximum Gasteiger partial charge on any atom is 0.133 e. The van der Waals surface area contributed by atoms with Crippen molar-refractivity contribution in [2.24, 2.45) is 5.73 Å². The van der Waals surface area contributed by atoms with Crippen LogP contribution >= 0.6 is 0 Å². The molecule has 0 bridgehead atoms. The summed E-state index contributed by atoms with van der Waals surface area (Å²) in [5.74, 6) is 1.36. The monoisotopic (exact) mass is 221 g/mol. The molecule has 2 rings (SSSR count). The topological polar surface area (TPSA) is 77.2 Å². The molecule has 0 saturated carbocycles. The lowest BCUT2D eigenvalue weighted by Crippen LogP contribution is -2.20. The van der Waals surface area contributed by atoms with Gasteiger partial charge in [-0.05, 0) is 19.1 Å². The molecule has 0 fully saturated rings. The Balaban J connectivity index is 2.23. The van der Waals surface area contributed by atoms with Crippen LogP contribution in [0.15, 0.2) is 35.2 Å². The summed E-state index contributed by atoms with van der Waals surface area (Å²) >= 11 is 0. The van der Waals surface area contributed by atoms with Gasteiger partial charge < -0.3 is 19.8 Å². The van der Waals surface area contributed by atoms with Crippen LogP contribution in [0, 0.1) is 0 Å². The number of aliphatic hydroxyl groups is 1. The average molecular weight is 221 g/mol. The van der Waals surface area contributed by atoms with Gasteiger partial charge in [0.1, 0.15) is 17.6 Å². The van der Waals surface area contributed by atoms with E-state index in [-0.39, 0.29) is 0 Å². The van der Waals surface area contributed by atoms with E-state index in [2.05, 4.69) is 4.98 Å². The Labute approximate surface area is 93.5 Å². The summed E-state index contributed by atoms with van der Waals surface area (Å²) < 4.78 is 7.07. The Morgan fingerprint density at radius 2 is 2.44 bits per heavy atom. The van der Waals surface area contributed by atoms with E-state index in [0.717, 1.165) is 0 Å². The molecule has 0 saturated heterocycles. The number of hydrogen-bond acceptors (Lipinski definition) is 4. The Kier molecular flexibility index (Phi) is 3.07. The number of aliphatic hydroxyl groups excluding tert-OH is 1. The minimum atomic E-state index is -0.434. The molecule has 0 aliphatic carbocycles. The Morgan fingerprint density at radius 3 is 3.06 bits per heavy atom. The second-order valence-corrected chi connectivity index (χ2v) is 3.78. The van der Waals surface area contributed by atoms with Gasteiger partial charge in [-0.3, -0.25) is 0 Å². The quantitative estimate of drug-likeness (QED) is 0.804. The van der Waals surface area contributed by atoms with Crippen LogP contribution in [-0.4, -0.2) is 20.8 Å². The van der Waals surface area contributed by atoms with Gasteiger partial charge in [-0.2, -0.15) is 0 Å². The summed E-state index contributed by atoms with van der Waals surface area (Å²) in [6.07, 6.45) is 4.61. The third-order valence-electron chi connectivity index (χ3n) is 2.34. The Bertz CT molecular complexity index is 434. The van der Waals surface area contributed by atoms with Gasteiger partial charge >= 0.3 is 0 Å². The molecule has 5 heteroatoms. The molecule has 0 aromatic carbocycles. The van der Waals surface area contributed by atoms with E-state index in [1.54, 1.807) is 31.6 Å². The van der Waals surface area contributed by atoms with Gasteiger partial charge in [-0.1, -0.05) is 0 Å². The lowest BCUT2D eigenvalue weighted by Gasteiger charge is -2.13. The smallest absolute Gasteiger partial charge is 0.133 e. The molecule has 0 radical (unpaired) electrons. The van der Waals surface area contributed by atoms with E-state index < -0.39 is 12.1 Å². The van der Waals surface area contributed by atoms with Gasteiger partial charge in [-0.15, -0.1) is 0 Å². The molecule has 0 amide bonds. The number of hydrogen-bond donors (Lipinski definition) is 2. The lowest BCUT2D eigenvalue weighted by molar-refractivity contribution is 0.171. The molecule has 2 unspecified atom stereocenters. The second-order valence-electron chi connectivity index (χ2n) is 3.78. The van der Waals surface area contributed by atoms with Gasteiger partial charge in [0.15, 0.2) is 0 Å². The molecule has 0 spiro atoms. The zero-order valence-corrected chi connectivity index (χ0v) is 9.08. The maximum atomic E-state index is 9.35. The standard InChI is InChI=1S/C11H15N3O2/c1-8(15)7-14-5-4-13-11(14)10(12)9-3-2-6-16-9/h2-6,8,10,15H,7,12H2,1H3. The summed E-state index contributed by atoms with van der Waals surface area (Å²) in [7, 11) is 0. The van der Waals surface area contributed by atoms with Crippen molar-refractivity contribution in [2.75, 3.05) is 0 Å². The fourth-order valence-corrected chi connectivity index (χ4v) is 1.63. The van der Waals surface area contributed by atoms with Gasteiger partial charge in [0, 0.05) is 18.9 Å². The van der Waals surface area contributed by atoms with E-state index in [4.69, 9.17) is 10.2 Å². The summed E-state index contributed by atoms with van der Waals surface area (Å²) in [4.78, 5) is 4.19. The van der Waals surface area contributed by atoms with Crippen LogP contribution in [-0.2, 0) is 6.54 Å². The highest BCUT2D eigenvalue weighted by Crippen LogP contribution is 2.18. The van der Waals surface area contributed by atoms with E-state index >= 15 is 0 Å². The zero-order valence-electron chi connectivity index (χ0n) is 9.08. The Hall–Kier alpha value is -1.59. The molecule has 2 heterocycles. The minimum absolute atomic E-state index is 0.399. The van der Waals surface area contributed by atoms with Gasteiger partial charge in [-0.25, -0.2) is 4.98 Å². The summed E-state index contributed by atoms with van der Waals surface area (Å²) in [6, 6.07) is 3.20. The fourth-order valence-electron chi connectivity index (χ4n) is 1.63. The zero-order chi connectivity index (χ0) is 11.5. The molecule has 16 heavy (non-hydrogen) atoms. The lowest BCUT2D eigenvalue weighted by atomic mass is 10.2. The predicted molar refractivity (Wildman–Crippen MR) is 58.6 cm³/mol. The normalized spacial score (nSPS) is 14.9. The van der Waals surface area contributed by atoms with Crippen molar-refractivity contribution in [1.82, 2.24) is 9.55 Å². The number of aromatic nitrogens is 2. The molecule has 0 aliphatic rings. The first-order valence-corrected chi connectivity index (χ1v) is 5.16.